The van der Waals surface area contributed by atoms with Crippen LogP contribution in [0.1, 0.15) is 22.5 Å². The quantitative estimate of drug-likeness (QED) is 0.539. The average Bonchev–Trinajstić information content (AvgIpc) is 3.05. The van der Waals surface area contributed by atoms with Gasteiger partial charge in [0.05, 0.1) is 12.1 Å². The van der Waals surface area contributed by atoms with E-state index in [1.165, 1.54) is 12.1 Å². The molecule has 2 aromatic rings. The van der Waals surface area contributed by atoms with Crippen molar-refractivity contribution in [2.24, 2.45) is 0 Å². The summed E-state index contributed by atoms with van der Waals surface area (Å²) in [4.78, 5) is 27.0. The van der Waals surface area contributed by atoms with Gasteiger partial charge in [-0.05, 0) is 46.6 Å². The standard InChI is InChI=1S/C16H16BrF3N4O3/c17-12-4-3-11(27-12)15(26)24-9-14(25)22-7-1-6-21-13-5-2-10(8-23-13)16(18,19)20/h2-5,8H,1,6-7,9H2,(H,21,23)(H,22,25)(H,24,26). The number of hydrogen-bond acceptors (Lipinski definition) is 5. The van der Waals surface area contributed by atoms with Crippen molar-refractivity contribution < 1.29 is 27.2 Å². The molecule has 2 rings (SSSR count). The molecule has 2 amide bonds. The Hall–Kier alpha value is -2.56. The van der Waals surface area contributed by atoms with E-state index in [9.17, 15) is 22.8 Å². The molecule has 0 aromatic carbocycles. The third-order valence-corrected chi connectivity index (χ3v) is 3.71. The Morgan fingerprint density at radius 1 is 1.11 bits per heavy atom. The monoisotopic (exact) mass is 448 g/mol. The van der Waals surface area contributed by atoms with Crippen molar-refractivity contribution >= 4 is 33.6 Å². The number of halogens is 4. The molecule has 0 radical (unpaired) electrons. The van der Waals surface area contributed by atoms with Crippen molar-refractivity contribution in [1.29, 1.82) is 0 Å². The lowest BCUT2D eigenvalue weighted by Gasteiger charge is -2.09. The van der Waals surface area contributed by atoms with Gasteiger partial charge in [0.15, 0.2) is 10.4 Å². The molecule has 0 aliphatic rings. The van der Waals surface area contributed by atoms with Crippen molar-refractivity contribution in [2.75, 3.05) is 25.0 Å². The first-order valence-corrected chi connectivity index (χ1v) is 8.62. The maximum absolute atomic E-state index is 12.4. The molecular formula is C16H16BrF3N4O3. The Morgan fingerprint density at radius 3 is 2.48 bits per heavy atom. The molecule has 0 unspecified atom stereocenters. The molecular weight excluding hydrogens is 433 g/mol. The van der Waals surface area contributed by atoms with Crippen molar-refractivity contribution in [3.63, 3.8) is 0 Å². The number of nitrogens with zero attached hydrogens (tertiary/aromatic N) is 1. The van der Waals surface area contributed by atoms with Crippen LogP contribution in [0, 0.1) is 0 Å². The second-order valence-electron chi connectivity index (χ2n) is 5.35. The lowest BCUT2D eigenvalue weighted by molar-refractivity contribution is -0.137. The molecule has 0 fully saturated rings. The van der Waals surface area contributed by atoms with Crippen LogP contribution in [0.15, 0.2) is 39.5 Å². The lowest BCUT2D eigenvalue weighted by atomic mass is 10.3. The van der Waals surface area contributed by atoms with E-state index in [1.807, 2.05) is 0 Å². The summed E-state index contributed by atoms with van der Waals surface area (Å²) in [6, 6.07) is 5.22. The first-order chi connectivity index (χ1) is 12.8. The van der Waals surface area contributed by atoms with Gasteiger partial charge in [0.2, 0.25) is 5.91 Å². The molecule has 0 aliphatic carbocycles. The van der Waals surface area contributed by atoms with Crippen LogP contribution < -0.4 is 16.0 Å². The fourth-order valence-corrected chi connectivity index (χ4v) is 2.25. The molecule has 3 N–H and O–H groups in total. The molecule has 2 heterocycles. The normalized spacial score (nSPS) is 11.1. The molecule has 0 saturated carbocycles. The third-order valence-electron chi connectivity index (χ3n) is 3.28. The fourth-order valence-electron chi connectivity index (χ4n) is 1.95. The van der Waals surface area contributed by atoms with Gasteiger partial charge in [-0.3, -0.25) is 9.59 Å². The highest BCUT2D eigenvalue weighted by molar-refractivity contribution is 9.10. The van der Waals surface area contributed by atoms with Gasteiger partial charge in [-0.15, -0.1) is 0 Å². The zero-order chi connectivity index (χ0) is 19.9. The number of carbonyl (C=O) groups excluding carboxylic acids is 2. The Bertz CT molecular complexity index is 778. The van der Waals surface area contributed by atoms with Gasteiger partial charge in [-0.1, -0.05) is 0 Å². The largest absolute Gasteiger partial charge is 0.444 e. The third kappa shape index (κ3) is 6.93. The van der Waals surface area contributed by atoms with Crippen LogP contribution in [-0.2, 0) is 11.0 Å². The Labute approximate surface area is 160 Å². The lowest BCUT2D eigenvalue weighted by Crippen LogP contribution is -2.37. The zero-order valence-electron chi connectivity index (χ0n) is 13.9. The average molecular weight is 449 g/mol. The van der Waals surface area contributed by atoms with Gasteiger partial charge < -0.3 is 20.4 Å². The van der Waals surface area contributed by atoms with Crippen molar-refractivity contribution in [3.05, 3.63) is 46.5 Å². The molecule has 2 aromatic heterocycles. The molecule has 0 aliphatic heterocycles. The Balaban J connectivity index is 1.59. The van der Waals surface area contributed by atoms with Crippen LogP contribution in [0.2, 0.25) is 0 Å². The maximum atomic E-state index is 12.4. The Kier molecular flexibility index (Phi) is 7.22. The summed E-state index contributed by atoms with van der Waals surface area (Å²) >= 11 is 3.07. The summed E-state index contributed by atoms with van der Waals surface area (Å²) in [5, 5.41) is 7.88. The minimum atomic E-state index is -4.42. The van der Waals surface area contributed by atoms with Gasteiger partial charge >= 0.3 is 6.18 Å². The predicted molar refractivity (Wildman–Crippen MR) is 94.1 cm³/mol. The highest BCUT2D eigenvalue weighted by Gasteiger charge is 2.30. The SMILES string of the molecule is O=C(CNC(=O)c1ccc(Br)o1)NCCCNc1ccc(C(F)(F)F)cn1. The highest BCUT2D eigenvalue weighted by atomic mass is 79.9. The molecule has 0 spiro atoms. The van der Waals surface area contributed by atoms with Crippen molar-refractivity contribution in [1.82, 2.24) is 15.6 Å². The number of nitrogens with one attached hydrogen (secondary N) is 3. The van der Waals surface area contributed by atoms with Crippen molar-refractivity contribution in [3.8, 4) is 0 Å². The van der Waals surface area contributed by atoms with E-state index in [-0.39, 0.29) is 18.2 Å². The first-order valence-electron chi connectivity index (χ1n) is 7.83. The minimum absolute atomic E-state index is 0.0860. The van der Waals surface area contributed by atoms with Crippen LogP contribution in [0.3, 0.4) is 0 Å². The molecule has 0 saturated heterocycles. The zero-order valence-corrected chi connectivity index (χ0v) is 15.5. The predicted octanol–water partition coefficient (Wildman–Crippen LogP) is 2.80. The highest BCUT2D eigenvalue weighted by Crippen LogP contribution is 2.28. The van der Waals surface area contributed by atoms with Gasteiger partial charge in [-0.25, -0.2) is 4.98 Å². The Morgan fingerprint density at radius 2 is 1.89 bits per heavy atom. The first kappa shape index (κ1) is 20.7. The maximum Gasteiger partial charge on any atom is 0.417 e. The minimum Gasteiger partial charge on any atom is -0.444 e. The molecule has 7 nitrogen and oxygen atoms in total. The van der Waals surface area contributed by atoms with E-state index in [2.05, 4.69) is 36.9 Å². The van der Waals surface area contributed by atoms with E-state index in [0.29, 0.717) is 30.0 Å². The number of hydrogen-bond donors (Lipinski definition) is 3. The summed E-state index contributed by atoms with van der Waals surface area (Å²) in [5.74, 6) is -0.485. The van der Waals surface area contributed by atoms with E-state index in [0.717, 1.165) is 12.3 Å². The number of aromatic nitrogens is 1. The number of alkyl halides is 3. The number of furan rings is 1. The number of carbonyl (C=O) groups is 2. The van der Waals surface area contributed by atoms with Gasteiger partial charge in [-0.2, -0.15) is 13.2 Å². The molecule has 27 heavy (non-hydrogen) atoms. The number of anilines is 1. The van der Waals surface area contributed by atoms with Gasteiger partial charge in [0.1, 0.15) is 5.82 Å². The van der Waals surface area contributed by atoms with E-state index < -0.39 is 17.6 Å². The summed E-state index contributed by atoms with van der Waals surface area (Å²) in [5.41, 5.74) is -0.815. The van der Waals surface area contributed by atoms with Crippen LogP contribution in [0.4, 0.5) is 19.0 Å². The summed E-state index contributed by atoms with van der Waals surface area (Å²) < 4.78 is 42.7. The van der Waals surface area contributed by atoms with Crippen molar-refractivity contribution in [2.45, 2.75) is 12.6 Å². The van der Waals surface area contributed by atoms with Crippen LogP contribution in [0.5, 0.6) is 0 Å². The summed E-state index contributed by atoms with van der Waals surface area (Å²) in [6.07, 6.45) is -3.14. The van der Waals surface area contributed by atoms with Crippen LogP contribution >= 0.6 is 15.9 Å². The van der Waals surface area contributed by atoms with Gasteiger partial charge in [0, 0.05) is 19.3 Å². The number of amides is 2. The molecule has 0 bridgehead atoms. The topological polar surface area (TPSA) is 96.3 Å². The molecule has 146 valence electrons. The summed E-state index contributed by atoms with van der Waals surface area (Å²) in [6.45, 7) is 0.533. The number of rotatable bonds is 8. The summed E-state index contributed by atoms with van der Waals surface area (Å²) in [7, 11) is 0. The van der Waals surface area contributed by atoms with Crippen LogP contribution in [0.25, 0.3) is 0 Å². The van der Waals surface area contributed by atoms with Gasteiger partial charge in [0.25, 0.3) is 5.91 Å². The van der Waals surface area contributed by atoms with E-state index in [1.54, 1.807) is 6.07 Å². The molecule has 11 heteroatoms. The second-order valence-corrected chi connectivity index (χ2v) is 6.13. The van der Waals surface area contributed by atoms with E-state index in [4.69, 9.17) is 4.42 Å². The van der Waals surface area contributed by atoms with Crippen LogP contribution in [-0.4, -0.2) is 36.4 Å². The fraction of sp³-hybridized carbons (Fsp3) is 0.312. The number of pyridine rings is 1. The second kappa shape index (κ2) is 9.40. The van der Waals surface area contributed by atoms with E-state index >= 15 is 0 Å². The molecule has 0 atom stereocenters. The smallest absolute Gasteiger partial charge is 0.417 e.